The van der Waals surface area contributed by atoms with E-state index in [2.05, 4.69) is 22.2 Å². The van der Waals surface area contributed by atoms with E-state index in [9.17, 15) is 9.59 Å². The van der Waals surface area contributed by atoms with E-state index in [1.54, 1.807) is 6.07 Å². The van der Waals surface area contributed by atoms with Gasteiger partial charge in [-0.3, -0.25) is 9.69 Å². The molecule has 2 aliphatic rings. The number of likely N-dealkylation sites (N-methyl/N-ethyl adjacent to an activating group) is 1. The minimum atomic E-state index is -0.328. The van der Waals surface area contributed by atoms with Crippen molar-refractivity contribution in [3.8, 4) is 0 Å². The molecule has 1 N–H and O–H groups in total. The van der Waals surface area contributed by atoms with Crippen molar-refractivity contribution in [1.82, 2.24) is 15.1 Å². The first-order valence-electron chi connectivity index (χ1n) is 7.67. The van der Waals surface area contributed by atoms with Crippen LogP contribution < -0.4 is 10.2 Å². The Morgan fingerprint density at radius 3 is 2.50 bits per heavy atom. The maximum absolute atomic E-state index is 12.5. The molecule has 3 rings (SSSR count). The molecule has 6 nitrogen and oxygen atoms in total. The standard InChI is InChI=1S/C16H22N4O2/c1-12-4-3-5-13(10-12)20-15(21)11-14(17-16(20)22)19-8-6-18(2)7-9-19/h3-5,10,14H,6-9,11H2,1-2H3,(H,17,22). The number of nitrogens with one attached hydrogen (secondary N) is 1. The number of hydrogen-bond acceptors (Lipinski definition) is 4. The zero-order valence-corrected chi connectivity index (χ0v) is 13.1. The predicted molar refractivity (Wildman–Crippen MR) is 84.7 cm³/mol. The van der Waals surface area contributed by atoms with E-state index in [1.807, 2.05) is 25.1 Å². The van der Waals surface area contributed by atoms with Gasteiger partial charge >= 0.3 is 6.03 Å². The first-order valence-corrected chi connectivity index (χ1v) is 7.67. The van der Waals surface area contributed by atoms with Crippen molar-refractivity contribution >= 4 is 17.6 Å². The van der Waals surface area contributed by atoms with Crippen LogP contribution in [0.1, 0.15) is 12.0 Å². The lowest BCUT2D eigenvalue weighted by Crippen LogP contribution is -2.63. The van der Waals surface area contributed by atoms with Crippen molar-refractivity contribution in [2.45, 2.75) is 19.5 Å². The minimum Gasteiger partial charge on any atom is -0.321 e. The summed E-state index contributed by atoms with van der Waals surface area (Å²) in [5.74, 6) is -0.140. The van der Waals surface area contributed by atoms with Gasteiger partial charge in [0, 0.05) is 26.2 Å². The summed E-state index contributed by atoms with van der Waals surface area (Å²) in [6.45, 7) is 5.62. The van der Waals surface area contributed by atoms with Gasteiger partial charge in [0.25, 0.3) is 0 Å². The van der Waals surface area contributed by atoms with Gasteiger partial charge in [0.2, 0.25) is 5.91 Å². The number of rotatable bonds is 2. The van der Waals surface area contributed by atoms with Crippen LogP contribution in [-0.2, 0) is 4.79 Å². The zero-order valence-electron chi connectivity index (χ0n) is 13.1. The Bertz CT molecular complexity index is 563. The molecule has 1 atom stereocenters. The van der Waals surface area contributed by atoms with Crippen LogP contribution in [0, 0.1) is 6.92 Å². The largest absolute Gasteiger partial charge is 0.329 e. The minimum absolute atomic E-state index is 0.140. The average Bonchev–Trinajstić information content (AvgIpc) is 2.47. The number of nitrogens with zero attached hydrogens (tertiary/aromatic N) is 3. The number of anilines is 1. The van der Waals surface area contributed by atoms with E-state index in [-0.39, 0.29) is 18.1 Å². The number of carbonyl (C=O) groups is 2. The number of aryl methyl sites for hydroxylation is 1. The van der Waals surface area contributed by atoms with Gasteiger partial charge in [-0.2, -0.15) is 0 Å². The molecule has 0 aromatic heterocycles. The normalized spacial score (nSPS) is 24.5. The third kappa shape index (κ3) is 2.98. The molecule has 0 radical (unpaired) electrons. The third-order valence-corrected chi connectivity index (χ3v) is 4.35. The highest BCUT2D eigenvalue weighted by atomic mass is 16.2. The maximum atomic E-state index is 12.5. The Hall–Kier alpha value is -1.92. The number of benzene rings is 1. The Balaban J connectivity index is 1.72. The highest BCUT2D eigenvalue weighted by molar-refractivity contribution is 6.16. The van der Waals surface area contributed by atoms with Gasteiger partial charge in [0.1, 0.15) is 0 Å². The van der Waals surface area contributed by atoms with Gasteiger partial charge in [-0.1, -0.05) is 12.1 Å². The predicted octanol–water partition coefficient (Wildman–Crippen LogP) is 1.01. The molecule has 0 bridgehead atoms. The fraction of sp³-hybridized carbons (Fsp3) is 0.500. The number of imide groups is 1. The lowest BCUT2D eigenvalue weighted by molar-refractivity contribution is -0.120. The van der Waals surface area contributed by atoms with E-state index in [4.69, 9.17) is 0 Å². The Morgan fingerprint density at radius 1 is 1.14 bits per heavy atom. The van der Waals surface area contributed by atoms with E-state index >= 15 is 0 Å². The lowest BCUT2D eigenvalue weighted by atomic mass is 10.1. The molecule has 6 heteroatoms. The molecule has 118 valence electrons. The molecule has 3 amide bonds. The van der Waals surface area contributed by atoms with Crippen LogP contribution in [0.3, 0.4) is 0 Å². The Morgan fingerprint density at radius 2 is 1.86 bits per heavy atom. The van der Waals surface area contributed by atoms with E-state index in [1.165, 1.54) is 4.90 Å². The number of piperazine rings is 1. The quantitative estimate of drug-likeness (QED) is 0.886. The lowest BCUT2D eigenvalue weighted by Gasteiger charge is -2.41. The van der Waals surface area contributed by atoms with Gasteiger partial charge < -0.3 is 10.2 Å². The third-order valence-electron chi connectivity index (χ3n) is 4.35. The molecule has 2 fully saturated rings. The van der Waals surface area contributed by atoms with Crippen LogP contribution in [0.15, 0.2) is 24.3 Å². The van der Waals surface area contributed by atoms with Gasteiger partial charge in [0.15, 0.2) is 0 Å². The fourth-order valence-corrected chi connectivity index (χ4v) is 3.01. The maximum Gasteiger partial charge on any atom is 0.329 e. The molecule has 1 aromatic carbocycles. The Kier molecular flexibility index (Phi) is 4.13. The second-order valence-corrected chi connectivity index (χ2v) is 6.08. The van der Waals surface area contributed by atoms with E-state index < -0.39 is 0 Å². The number of amides is 3. The topological polar surface area (TPSA) is 55.9 Å². The zero-order chi connectivity index (χ0) is 15.7. The van der Waals surface area contributed by atoms with Gasteiger partial charge in [-0.05, 0) is 31.7 Å². The molecule has 0 spiro atoms. The number of hydrogen-bond donors (Lipinski definition) is 1. The summed E-state index contributed by atoms with van der Waals surface area (Å²) in [7, 11) is 2.08. The van der Waals surface area contributed by atoms with Crippen molar-refractivity contribution in [3.05, 3.63) is 29.8 Å². The second-order valence-electron chi connectivity index (χ2n) is 6.08. The molecule has 2 aliphatic heterocycles. The van der Waals surface area contributed by atoms with Crippen LogP contribution in [-0.4, -0.2) is 61.1 Å². The molecule has 2 saturated heterocycles. The number of carbonyl (C=O) groups excluding carboxylic acids is 2. The first kappa shape index (κ1) is 15.0. The van der Waals surface area contributed by atoms with Crippen molar-refractivity contribution in [2.75, 3.05) is 38.1 Å². The van der Waals surface area contributed by atoms with Crippen molar-refractivity contribution < 1.29 is 9.59 Å². The SMILES string of the molecule is Cc1cccc(N2C(=O)CC(N3CCN(C)CC3)NC2=O)c1. The molecular weight excluding hydrogens is 280 g/mol. The van der Waals surface area contributed by atoms with E-state index in [0.717, 1.165) is 31.7 Å². The van der Waals surface area contributed by atoms with Gasteiger partial charge in [-0.15, -0.1) is 0 Å². The number of urea groups is 1. The summed E-state index contributed by atoms with van der Waals surface area (Å²) in [5.41, 5.74) is 1.67. The smallest absolute Gasteiger partial charge is 0.321 e. The monoisotopic (exact) mass is 302 g/mol. The van der Waals surface area contributed by atoms with Crippen molar-refractivity contribution in [2.24, 2.45) is 0 Å². The second kappa shape index (κ2) is 6.06. The summed E-state index contributed by atoms with van der Waals surface area (Å²) in [6.07, 6.45) is 0.137. The molecule has 0 aliphatic carbocycles. The van der Waals surface area contributed by atoms with Crippen LogP contribution in [0.4, 0.5) is 10.5 Å². The van der Waals surface area contributed by atoms with Crippen LogP contribution >= 0.6 is 0 Å². The Labute approximate surface area is 130 Å². The van der Waals surface area contributed by atoms with Gasteiger partial charge in [0.05, 0.1) is 18.3 Å². The van der Waals surface area contributed by atoms with Crippen molar-refractivity contribution in [1.29, 1.82) is 0 Å². The summed E-state index contributed by atoms with van der Waals surface area (Å²) in [4.78, 5) is 30.5. The molecule has 1 unspecified atom stereocenters. The van der Waals surface area contributed by atoms with Crippen molar-refractivity contribution in [3.63, 3.8) is 0 Å². The molecule has 2 heterocycles. The van der Waals surface area contributed by atoms with E-state index in [0.29, 0.717) is 12.1 Å². The van der Waals surface area contributed by atoms with Crippen LogP contribution in [0.25, 0.3) is 0 Å². The van der Waals surface area contributed by atoms with Crippen LogP contribution in [0.2, 0.25) is 0 Å². The molecule has 1 aromatic rings. The molecule has 22 heavy (non-hydrogen) atoms. The molecule has 0 saturated carbocycles. The first-order chi connectivity index (χ1) is 10.5. The average molecular weight is 302 g/mol. The summed E-state index contributed by atoms with van der Waals surface area (Å²) < 4.78 is 0. The van der Waals surface area contributed by atoms with Gasteiger partial charge in [-0.25, -0.2) is 9.69 Å². The summed E-state index contributed by atoms with van der Waals surface area (Å²) >= 11 is 0. The summed E-state index contributed by atoms with van der Waals surface area (Å²) in [5, 5.41) is 2.97. The fourth-order valence-electron chi connectivity index (χ4n) is 3.01. The highest BCUT2D eigenvalue weighted by Crippen LogP contribution is 2.21. The molecular formula is C16H22N4O2. The summed E-state index contributed by atoms with van der Waals surface area (Å²) in [6, 6.07) is 7.13. The van der Waals surface area contributed by atoms with Crippen LogP contribution in [0.5, 0.6) is 0 Å². The highest BCUT2D eigenvalue weighted by Gasteiger charge is 2.36.